The number of carbonyl (C=O) groups is 1. The van der Waals surface area contributed by atoms with Gasteiger partial charge in [-0.3, -0.25) is 4.98 Å². The van der Waals surface area contributed by atoms with Gasteiger partial charge in [0.05, 0.1) is 12.2 Å². The van der Waals surface area contributed by atoms with Gasteiger partial charge in [0, 0.05) is 24.5 Å². The van der Waals surface area contributed by atoms with Gasteiger partial charge < -0.3 is 10.5 Å². The molecule has 0 amide bonds. The zero-order valence-corrected chi connectivity index (χ0v) is 11.1. The maximum Gasteiger partial charge on any atom is 0.341 e. The predicted molar refractivity (Wildman–Crippen MR) is 73.8 cm³/mol. The Morgan fingerprint density at radius 2 is 2.25 bits per heavy atom. The second kappa shape index (κ2) is 6.14. The van der Waals surface area contributed by atoms with Crippen molar-refractivity contribution in [3.8, 4) is 0 Å². The Kier molecular flexibility index (Phi) is 4.30. The number of nitrogen functional groups attached to an aromatic ring is 1. The topological polar surface area (TPSA) is 65.2 Å². The molecule has 1 aromatic heterocycles. The van der Waals surface area contributed by atoms with E-state index in [1.807, 2.05) is 6.07 Å². The highest BCUT2D eigenvalue weighted by Gasteiger charge is 2.16. The molecule has 0 aliphatic carbocycles. The van der Waals surface area contributed by atoms with Crippen LogP contribution in [-0.2, 0) is 11.2 Å². The number of halogens is 1. The fourth-order valence-electron chi connectivity index (χ4n) is 1.83. The average Bonchev–Trinajstić information content (AvgIpc) is 2.44. The largest absolute Gasteiger partial charge is 0.462 e. The maximum atomic E-state index is 13.8. The molecule has 4 nitrogen and oxygen atoms in total. The fraction of sp³-hybridized carbons (Fsp3) is 0.200. The molecule has 1 aromatic carbocycles. The monoisotopic (exact) mass is 274 g/mol. The minimum absolute atomic E-state index is 0.131. The van der Waals surface area contributed by atoms with Crippen molar-refractivity contribution in [3.05, 3.63) is 59.2 Å². The number of pyridine rings is 1. The molecule has 0 atom stereocenters. The molecule has 2 N–H and O–H groups in total. The molecule has 0 aliphatic rings. The number of rotatable bonds is 4. The minimum atomic E-state index is -0.707. The Bertz CT molecular complexity index is 615. The van der Waals surface area contributed by atoms with Gasteiger partial charge in [-0.25, -0.2) is 9.18 Å². The van der Waals surface area contributed by atoms with E-state index in [1.165, 1.54) is 12.1 Å². The summed E-state index contributed by atoms with van der Waals surface area (Å²) in [6.07, 6.45) is 3.89. The molecule has 0 fully saturated rings. The zero-order chi connectivity index (χ0) is 14.5. The van der Waals surface area contributed by atoms with Crippen LogP contribution in [0.3, 0.4) is 0 Å². The van der Waals surface area contributed by atoms with Crippen LogP contribution >= 0.6 is 0 Å². The van der Waals surface area contributed by atoms with E-state index in [0.717, 1.165) is 5.56 Å². The fourth-order valence-corrected chi connectivity index (χ4v) is 1.83. The third-order valence-corrected chi connectivity index (χ3v) is 2.84. The van der Waals surface area contributed by atoms with Crippen LogP contribution in [0, 0.1) is 12.7 Å². The molecule has 2 rings (SSSR count). The quantitative estimate of drug-likeness (QED) is 0.687. The van der Waals surface area contributed by atoms with Crippen LogP contribution in [0.1, 0.15) is 21.5 Å². The van der Waals surface area contributed by atoms with Crippen molar-refractivity contribution < 1.29 is 13.9 Å². The summed E-state index contributed by atoms with van der Waals surface area (Å²) >= 11 is 0. The van der Waals surface area contributed by atoms with E-state index < -0.39 is 11.8 Å². The molecule has 1 heterocycles. The van der Waals surface area contributed by atoms with Crippen molar-refractivity contribution in [1.29, 1.82) is 0 Å². The van der Waals surface area contributed by atoms with Gasteiger partial charge in [0.25, 0.3) is 0 Å². The van der Waals surface area contributed by atoms with Crippen molar-refractivity contribution in [2.75, 3.05) is 12.3 Å². The summed E-state index contributed by atoms with van der Waals surface area (Å²) in [5.74, 6) is -1.30. The van der Waals surface area contributed by atoms with Gasteiger partial charge >= 0.3 is 5.97 Å². The molecule has 0 bridgehead atoms. The first kappa shape index (κ1) is 14.0. The standard InChI is InChI=1S/C15H15FN2O2/c1-10-7-12(17)8-13(14(10)16)15(19)20-6-4-11-3-2-5-18-9-11/h2-3,5,7-9H,4,6,17H2,1H3. The van der Waals surface area contributed by atoms with Gasteiger partial charge in [-0.2, -0.15) is 0 Å². The number of nitrogens with zero attached hydrogens (tertiary/aromatic N) is 1. The molecular weight excluding hydrogens is 259 g/mol. The molecule has 0 saturated carbocycles. The molecule has 20 heavy (non-hydrogen) atoms. The second-order valence-corrected chi connectivity index (χ2v) is 4.45. The Morgan fingerprint density at radius 3 is 2.95 bits per heavy atom. The number of aromatic nitrogens is 1. The Hall–Kier alpha value is -2.43. The van der Waals surface area contributed by atoms with Gasteiger partial charge in [0.2, 0.25) is 0 Å². The van der Waals surface area contributed by atoms with Crippen LogP contribution in [-0.4, -0.2) is 17.6 Å². The third-order valence-electron chi connectivity index (χ3n) is 2.84. The maximum absolute atomic E-state index is 13.8. The summed E-state index contributed by atoms with van der Waals surface area (Å²) in [5, 5.41) is 0. The van der Waals surface area contributed by atoms with Crippen LogP contribution in [0.15, 0.2) is 36.7 Å². The second-order valence-electron chi connectivity index (χ2n) is 4.45. The first-order valence-electron chi connectivity index (χ1n) is 6.19. The summed E-state index contributed by atoms with van der Waals surface area (Å²) < 4.78 is 18.9. The van der Waals surface area contributed by atoms with Crippen molar-refractivity contribution >= 4 is 11.7 Å². The number of ether oxygens (including phenoxy) is 1. The van der Waals surface area contributed by atoms with Gasteiger partial charge in [0.1, 0.15) is 5.82 Å². The lowest BCUT2D eigenvalue weighted by Crippen LogP contribution is -2.11. The highest BCUT2D eigenvalue weighted by Crippen LogP contribution is 2.18. The molecule has 0 unspecified atom stereocenters. The summed E-state index contributed by atoms with van der Waals surface area (Å²) in [7, 11) is 0. The van der Waals surface area contributed by atoms with E-state index in [4.69, 9.17) is 10.5 Å². The first-order valence-corrected chi connectivity index (χ1v) is 6.19. The van der Waals surface area contributed by atoms with Gasteiger partial charge in [0.15, 0.2) is 0 Å². The molecule has 0 saturated heterocycles. The summed E-state index contributed by atoms with van der Waals surface area (Å²) in [6, 6.07) is 6.45. The molecule has 0 spiro atoms. The number of nitrogens with two attached hydrogens (primary N) is 1. The normalized spacial score (nSPS) is 10.3. The summed E-state index contributed by atoms with van der Waals surface area (Å²) in [6.45, 7) is 1.72. The van der Waals surface area contributed by atoms with E-state index >= 15 is 0 Å². The molecule has 2 aromatic rings. The van der Waals surface area contributed by atoms with E-state index in [0.29, 0.717) is 17.7 Å². The number of hydrogen-bond donors (Lipinski definition) is 1. The third kappa shape index (κ3) is 3.32. The smallest absolute Gasteiger partial charge is 0.341 e. The number of hydrogen-bond acceptors (Lipinski definition) is 4. The lowest BCUT2D eigenvalue weighted by atomic mass is 10.1. The van der Waals surface area contributed by atoms with Gasteiger partial charge in [-0.05, 0) is 36.2 Å². The van der Waals surface area contributed by atoms with Gasteiger partial charge in [-0.1, -0.05) is 6.07 Å². The van der Waals surface area contributed by atoms with Crippen LogP contribution < -0.4 is 5.73 Å². The van der Waals surface area contributed by atoms with E-state index in [1.54, 1.807) is 25.4 Å². The molecule has 0 aliphatic heterocycles. The Labute approximate surface area is 116 Å². The Balaban J connectivity index is 1.99. The van der Waals surface area contributed by atoms with Crippen molar-refractivity contribution in [1.82, 2.24) is 4.98 Å². The predicted octanol–water partition coefficient (Wildman–Crippen LogP) is 2.51. The molecule has 104 valence electrons. The van der Waals surface area contributed by atoms with Crippen molar-refractivity contribution in [2.24, 2.45) is 0 Å². The number of carbonyl (C=O) groups excluding carboxylic acids is 1. The summed E-state index contributed by atoms with van der Waals surface area (Å²) in [4.78, 5) is 15.8. The molecule has 5 heteroatoms. The number of anilines is 1. The lowest BCUT2D eigenvalue weighted by Gasteiger charge is -2.08. The Morgan fingerprint density at radius 1 is 1.45 bits per heavy atom. The minimum Gasteiger partial charge on any atom is -0.462 e. The molecule has 0 radical (unpaired) electrons. The highest BCUT2D eigenvalue weighted by molar-refractivity contribution is 5.91. The van der Waals surface area contributed by atoms with Crippen molar-refractivity contribution in [2.45, 2.75) is 13.3 Å². The molecular formula is C15H15FN2O2. The number of esters is 1. The van der Waals surface area contributed by atoms with E-state index in [-0.39, 0.29) is 12.2 Å². The first-order chi connectivity index (χ1) is 9.58. The van der Waals surface area contributed by atoms with Gasteiger partial charge in [-0.15, -0.1) is 0 Å². The number of aryl methyl sites for hydroxylation is 1. The zero-order valence-electron chi connectivity index (χ0n) is 11.1. The van der Waals surface area contributed by atoms with Crippen molar-refractivity contribution in [3.63, 3.8) is 0 Å². The number of benzene rings is 1. The summed E-state index contributed by atoms with van der Waals surface area (Å²) in [5.41, 5.74) is 7.08. The lowest BCUT2D eigenvalue weighted by molar-refractivity contribution is 0.0503. The van der Waals surface area contributed by atoms with Crippen LogP contribution in [0.2, 0.25) is 0 Å². The van der Waals surface area contributed by atoms with E-state index in [2.05, 4.69) is 4.98 Å². The average molecular weight is 274 g/mol. The van der Waals surface area contributed by atoms with Crippen LogP contribution in [0.5, 0.6) is 0 Å². The van der Waals surface area contributed by atoms with Crippen LogP contribution in [0.25, 0.3) is 0 Å². The van der Waals surface area contributed by atoms with Crippen LogP contribution in [0.4, 0.5) is 10.1 Å². The SMILES string of the molecule is Cc1cc(N)cc(C(=O)OCCc2cccnc2)c1F. The van der Waals surface area contributed by atoms with E-state index in [9.17, 15) is 9.18 Å². The highest BCUT2D eigenvalue weighted by atomic mass is 19.1.